The van der Waals surface area contributed by atoms with Crippen molar-refractivity contribution in [2.24, 2.45) is 12.8 Å². The molecule has 6 nitrogen and oxygen atoms in total. The largest absolute Gasteiger partial charge is 0.392 e. The monoisotopic (exact) mass is 262 g/mol. The molecular weight excluding hydrogens is 248 g/mol. The molecule has 1 rings (SSSR count). The smallest absolute Gasteiger partial charge is 0.260 e. The quantitative estimate of drug-likeness (QED) is 0.715. The van der Waals surface area contributed by atoms with Crippen LogP contribution in [0.3, 0.4) is 0 Å². The standard InChI is InChI=1S/C8H14N4O2S2/c1-3-6(8(9)15)11-16(13,14)7-4-12(2)5-10-7/h4-6,11H,3H2,1-2H3,(H2,9,15). The van der Waals surface area contributed by atoms with Gasteiger partial charge in [0.15, 0.2) is 5.03 Å². The number of rotatable bonds is 5. The normalized spacial score (nSPS) is 13.6. The minimum Gasteiger partial charge on any atom is -0.392 e. The van der Waals surface area contributed by atoms with Crippen molar-refractivity contribution in [1.82, 2.24) is 14.3 Å². The highest BCUT2D eigenvalue weighted by Crippen LogP contribution is 2.06. The van der Waals surface area contributed by atoms with Crippen LogP contribution in [-0.4, -0.2) is 29.0 Å². The van der Waals surface area contributed by atoms with Gasteiger partial charge in [-0.25, -0.2) is 13.4 Å². The first-order valence-electron chi connectivity index (χ1n) is 4.66. The molecule has 0 aliphatic carbocycles. The molecule has 0 aliphatic heterocycles. The molecular formula is C8H14N4O2S2. The van der Waals surface area contributed by atoms with Crippen molar-refractivity contribution in [3.05, 3.63) is 12.5 Å². The minimum atomic E-state index is -3.65. The van der Waals surface area contributed by atoms with Crippen molar-refractivity contribution in [2.45, 2.75) is 24.4 Å². The number of nitrogens with two attached hydrogens (primary N) is 1. The Bertz CT molecular complexity index is 480. The van der Waals surface area contributed by atoms with Crippen molar-refractivity contribution >= 4 is 27.2 Å². The SMILES string of the molecule is CCC(NS(=O)(=O)c1cn(C)cn1)C(N)=S. The molecule has 0 amide bonds. The summed E-state index contributed by atoms with van der Waals surface area (Å²) in [4.78, 5) is 3.89. The second kappa shape index (κ2) is 4.89. The lowest BCUT2D eigenvalue weighted by Gasteiger charge is -2.14. The summed E-state index contributed by atoms with van der Waals surface area (Å²) in [6.45, 7) is 1.80. The molecule has 1 heterocycles. The summed E-state index contributed by atoms with van der Waals surface area (Å²) in [7, 11) is -1.95. The van der Waals surface area contributed by atoms with Crippen LogP contribution in [0.5, 0.6) is 0 Å². The zero-order valence-electron chi connectivity index (χ0n) is 9.04. The number of hydrogen-bond donors (Lipinski definition) is 2. The summed E-state index contributed by atoms with van der Waals surface area (Å²) in [6, 6.07) is -0.540. The molecule has 3 N–H and O–H groups in total. The minimum absolute atomic E-state index is 0.0373. The van der Waals surface area contributed by atoms with Gasteiger partial charge >= 0.3 is 0 Å². The lowest BCUT2D eigenvalue weighted by atomic mass is 10.2. The Morgan fingerprint density at radius 3 is 2.75 bits per heavy atom. The van der Waals surface area contributed by atoms with E-state index < -0.39 is 16.1 Å². The predicted molar refractivity (Wildman–Crippen MR) is 64.4 cm³/mol. The van der Waals surface area contributed by atoms with Crippen LogP contribution >= 0.6 is 12.2 Å². The van der Waals surface area contributed by atoms with Gasteiger partial charge in [-0.1, -0.05) is 19.1 Å². The summed E-state index contributed by atoms with van der Waals surface area (Å²) >= 11 is 4.76. The summed E-state index contributed by atoms with van der Waals surface area (Å²) in [6.07, 6.45) is 3.33. The molecule has 8 heteroatoms. The summed E-state index contributed by atoms with van der Waals surface area (Å²) in [5, 5.41) is -0.0373. The second-order valence-corrected chi connectivity index (χ2v) is 5.49. The topological polar surface area (TPSA) is 90.0 Å². The van der Waals surface area contributed by atoms with E-state index in [4.69, 9.17) is 18.0 Å². The third-order valence-corrected chi connectivity index (χ3v) is 3.65. The second-order valence-electron chi connectivity index (χ2n) is 3.36. The van der Waals surface area contributed by atoms with E-state index in [-0.39, 0.29) is 10.0 Å². The molecule has 0 saturated carbocycles. The van der Waals surface area contributed by atoms with Gasteiger partial charge in [-0.15, -0.1) is 0 Å². The highest BCUT2D eigenvalue weighted by atomic mass is 32.2. The average Bonchev–Trinajstić information content (AvgIpc) is 2.61. The van der Waals surface area contributed by atoms with Gasteiger partial charge in [-0.05, 0) is 6.42 Å². The fourth-order valence-corrected chi connectivity index (χ4v) is 2.70. The third kappa shape index (κ3) is 3.00. The predicted octanol–water partition coefficient (Wildman–Crippen LogP) is -0.237. The highest BCUT2D eigenvalue weighted by molar-refractivity contribution is 7.89. The maximum absolute atomic E-state index is 11.8. The fourth-order valence-electron chi connectivity index (χ4n) is 1.12. The van der Waals surface area contributed by atoms with Gasteiger partial charge in [-0.3, -0.25) is 0 Å². The van der Waals surface area contributed by atoms with Crippen molar-refractivity contribution in [3.63, 3.8) is 0 Å². The summed E-state index contributed by atoms with van der Waals surface area (Å²) in [5.74, 6) is 0. The lowest BCUT2D eigenvalue weighted by molar-refractivity contribution is 0.569. The van der Waals surface area contributed by atoms with Crippen molar-refractivity contribution < 1.29 is 8.42 Å². The van der Waals surface area contributed by atoms with E-state index >= 15 is 0 Å². The number of sulfonamides is 1. The summed E-state index contributed by atoms with van der Waals surface area (Å²) in [5.41, 5.74) is 5.42. The maximum Gasteiger partial charge on any atom is 0.260 e. The molecule has 1 aromatic heterocycles. The number of imidazole rings is 1. The zero-order chi connectivity index (χ0) is 12.3. The number of nitrogens with zero attached hydrogens (tertiary/aromatic N) is 2. The van der Waals surface area contributed by atoms with Crippen LogP contribution in [0.1, 0.15) is 13.3 Å². The van der Waals surface area contributed by atoms with Crippen LogP contribution in [0, 0.1) is 0 Å². The summed E-state index contributed by atoms with van der Waals surface area (Å²) < 4.78 is 27.6. The van der Waals surface area contributed by atoms with Crippen LogP contribution in [0.15, 0.2) is 17.6 Å². The van der Waals surface area contributed by atoms with E-state index in [2.05, 4.69) is 9.71 Å². The van der Waals surface area contributed by atoms with E-state index in [1.807, 2.05) is 0 Å². The fraction of sp³-hybridized carbons (Fsp3) is 0.500. The van der Waals surface area contributed by atoms with Gasteiger partial charge in [0.05, 0.1) is 17.4 Å². The molecule has 0 radical (unpaired) electrons. The number of thiocarbonyl (C=S) groups is 1. The molecule has 16 heavy (non-hydrogen) atoms. The Labute approximate surface area is 99.9 Å². The van der Waals surface area contributed by atoms with E-state index in [1.165, 1.54) is 12.5 Å². The van der Waals surface area contributed by atoms with E-state index in [0.29, 0.717) is 6.42 Å². The van der Waals surface area contributed by atoms with Crippen molar-refractivity contribution in [3.8, 4) is 0 Å². The van der Waals surface area contributed by atoms with Gasteiger partial charge in [0.2, 0.25) is 0 Å². The Hall–Kier alpha value is -0.990. The van der Waals surface area contributed by atoms with Gasteiger partial charge in [0.25, 0.3) is 10.0 Å². The zero-order valence-corrected chi connectivity index (χ0v) is 10.7. The molecule has 0 aromatic carbocycles. The molecule has 90 valence electrons. The highest BCUT2D eigenvalue weighted by Gasteiger charge is 2.22. The van der Waals surface area contributed by atoms with Crippen molar-refractivity contribution in [2.75, 3.05) is 0 Å². The Balaban J connectivity index is 2.91. The van der Waals surface area contributed by atoms with Gasteiger partial charge < -0.3 is 10.3 Å². The van der Waals surface area contributed by atoms with Crippen molar-refractivity contribution in [1.29, 1.82) is 0 Å². The Kier molecular flexibility index (Phi) is 4.00. The van der Waals surface area contributed by atoms with Crippen LogP contribution < -0.4 is 10.5 Å². The van der Waals surface area contributed by atoms with E-state index in [9.17, 15) is 8.42 Å². The maximum atomic E-state index is 11.8. The first-order valence-corrected chi connectivity index (χ1v) is 6.55. The Morgan fingerprint density at radius 2 is 2.38 bits per heavy atom. The molecule has 1 atom stereocenters. The van der Waals surface area contributed by atoms with Crippen LogP contribution in [0.4, 0.5) is 0 Å². The van der Waals surface area contributed by atoms with Crippen LogP contribution in [-0.2, 0) is 17.1 Å². The molecule has 0 bridgehead atoms. The number of hydrogen-bond acceptors (Lipinski definition) is 4. The molecule has 1 unspecified atom stereocenters. The van der Waals surface area contributed by atoms with E-state index in [1.54, 1.807) is 18.5 Å². The van der Waals surface area contributed by atoms with Gasteiger partial charge in [-0.2, -0.15) is 4.72 Å². The third-order valence-electron chi connectivity index (χ3n) is 2.01. The van der Waals surface area contributed by atoms with Crippen LogP contribution in [0.25, 0.3) is 0 Å². The van der Waals surface area contributed by atoms with E-state index in [0.717, 1.165) is 0 Å². The average molecular weight is 262 g/mol. The molecule has 0 fully saturated rings. The van der Waals surface area contributed by atoms with Crippen LogP contribution in [0.2, 0.25) is 0 Å². The number of aromatic nitrogens is 2. The molecule has 0 aliphatic rings. The van der Waals surface area contributed by atoms with Gasteiger partial charge in [0.1, 0.15) is 0 Å². The number of aryl methyl sites for hydroxylation is 1. The molecule has 0 spiro atoms. The molecule has 0 saturated heterocycles. The number of nitrogens with one attached hydrogen (secondary N) is 1. The first kappa shape index (κ1) is 13.1. The molecule has 1 aromatic rings. The first-order chi connectivity index (χ1) is 7.36. The van der Waals surface area contributed by atoms with Gasteiger partial charge in [0, 0.05) is 13.2 Å². The lowest BCUT2D eigenvalue weighted by Crippen LogP contribution is -2.43. The Morgan fingerprint density at radius 1 is 1.75 bits per heavy atom.